The van der Waals surface area contributed by atoms with Crippen molar-refractivity contribution < 1.29 is 24.0 Å². The molecule has 0 bridgehead atoms. The fourth-order valence-electron chi connectivity index (χ4n) is 2.43. The Morgan fingerprint density at radius 2 is 2.30 bits per heavy atom. The van der Waals surface area contributed by atoms with Crippen molar-refractivity contribution in [1.82, 2.24) is 10.1 Å². The molecule has 110 valence electrons. The first-order valence-electron chi connectivity index (χ1n) is 6.49. The van der Waals surface area contributed by atoms with E-state index in [1.54, 1.807) is 6.92 Å². The molecule has 1 saturated heterocycles. The number of amides is 1. The number of carbonyl (C=O) groups excluding carboxylic acids is 1. The summed E-state index contributed by atoms with van der Waals surface area (Å²) in [6.07, 6.45) is 2.02. The van der Waals surface area contributed by atoms with E-state index in [2.05, 4.69) is 5.16 Å². The predicted molar refractivity (Wildman–Crippen MR) is 68.1 cm³/mol. The molecule has 7 heteroatoms. The number of nitrogens with zero attached hydrogens (tertiary/aromatic N) is 2. The Kier molecular flexibility index (Phi) is 4.08. The number of carboxylic acids is 1. The minimum absolute atomic E-state index is 0.117. The van der Waals surface area contributed by atoms with E-state index in [9.17, 15) is 14.7 Å². The number of methoxy groups -OCH3 is 1. The molecule has 2 heterocycles. The van der Waals surface area contributed by atoms with Crippen LogP contribution in [0.4, 0.5) is 0 Å². The lowest BCUT2D eigenvalue weighted by molar-refractivity contribution is -0.150. The molecule has 0 spiro atoms. The third-order valence-corrected chi connectivity index (χ3v) is 3.66. The van der Waals surface area contributed by atoms with Crippen LogP contribution in [-0.2, 0) is 16.1 Å². The summed E-state index contributed by atoms with van der Waals surface area (Å²) in [5.74, 6) is -0.975. The van der Waals surface area contributed by atoms with Gasteiger partial charge in [-0.2, -0.15) is 0 Å². The van der Waals surface area contributed by atoms with Gasteiger partial charge in [0.1, 0.15) is 12.1 Å². The van der Waals surface area contributed by atoms with Gasteiger partial charge in [0, 0.05) is 19.7 Å². The first-order valence-corrected chi connectivity index (χ1v) is 6.49. The van der Waals surface area contributed by atoms with Crippen LogP contribution in [0.15, 0.2) is 10.6 Å². The molecule has 1 fully saturated rings. The zero-order valence-electron chi connectivity index (χ0n) is 11.6. The average Bonchev–Trinajstić information content (AvgIpc) is 2.87. The topological polar surface area (TPSA) is 92.9 Å². The van der Waals surface area contributed by atoms with Gasteiger partial charge in [-0.3, -0.25) is 4.79 Å². The summed E-state index contributed by atoms with van der Waals surface area (Å²) in [6.45, 7) is 2.20. The molecular formula is C13H18N2O5. The number of aromatic nitrogens is 1. The molecule has 2 rings (SSSR count). The Bertz CT molecular complexity index is 513. The second-order valence-electron chi connectivity index (χ2n) is 5.10. The highest BCUT2D eigenvalue weighted by Gasteiger charge is 2.44. The van der Waals surface area contributed by atoms with Crippen molar-refractivity contribution in [3.63, 3.8) is 0 Å². The van der Waals surface area contributed by atoms with E-state index >= 15 is 0 Å². The predicted octanol–water partition coefficient (Wildman–Crippen LogP) is 1.29. The van der Waals surface area contributed by atoms with Gasteiger partial charge in [-0.25, -0.2) is 4.79 Å². The van der Waals surface area contributed by atoms with Crippen LogP contribution in [0.3, 0.4) is 0 Å². The van der Waals surface area contributed by atoms with Crippen LogP contribution in [0.1, 0.15) is 42.4 Å². The number of carbonyl (C=O) groups is 2. The number of ether oxygens (including phenoxy) is 1. The molecule has 0 aliphatic carbocycles. The number of aliphatic carboxylic acids is 1. The monoisotopic (exact) mass is 282 g/mol. The lowest BCUT2D eigenvalue weighted by Gasteiger charge is -2.41. The van der Waals surface area contributed by atoms with Crippen molar-refractivity contribution in [1.29, 1.82) is 0 Å². The maximum atomic E-state index is 12.4. The fourth-order valence-corrected chi connectivity index (χ4v) is 2.43. The number of piperidine rings is 1. The summed E-state index contributed by atoms with van der Waals surface area (Å²) >= 11 is 0. The molecule has 1 aliphatic rings. The minimum atomic E-state index is -1.18. The molecule has 1 amide bonds. The van der Waals surface area contributed by atoms with Crippen LogP contribution in [0.5, 0.6) is 0 Å². The van der Waals surface area contributed by atoms with Crippen molar-refractivity contribution in [2.45, 2.75) is 38.3 Å². The standard InChI is InChI=1S/C13H18N2O5/c1-13(12(17)18)5-3-4-6-15(13)11(16)10-7-9(8-19-2)20-14-10/h7H,3-6,8H2,1-2H3,(H,17,18). The van der Waals surface area contributed by atoms with E-state index in [0.717, 1.165) is 12.8 Å². The minimum Gasteiger partial charge on any atom is -0.480 e. The van der Waals surface area contributed by atoms with Gasteiger partial charge in [-0.1, -0.05) is 5.16 Å². The largest absolute Gasteiger partial charge is 0.480 e. The van der Waals surface area contributed by atoms with Crippen molar-refractivity contribution in [2.24, 2.45) is 0 Å². The van der Waals surface area contributed by atoms with Crippen molar-refractivity contribution in [3.8, 4) is 0 Å². The molecule has 0 radical (unpaired) electrons. The van der Waals surface area contributed by atoms with E-state index in [0.29, 0.717) is 18.7 Å². The van der Waals surface area contributed by atoms with Gasteiger partial charge >= 0.3 is 5.97 Å². The van der Waals surface area contributed by atoms with Crippen LogP contribution < -0.4 is 0 Å². The smallest absolute Gasteiger partial charge is 0.329 e. The SMILES string of the molecule is COCc1cc(C(=O)N2CCCCC2(C)C(=O)O)no1. The quantitative estimate of drug-likeness (QED) is 0.894. The lowest BCUT2D eigenvalue weighted by Crippen LogP contribution is -2.57. The highest BCUT2D eigenvalue weighted by atomic mass is 16.5. The van der Waals surface area contributed by atoms with Crippen molar-refractivity contribution >= 4 is 11.9 Å². The highest BCUT2D eigenvalue weighted by Crippen LogP contribution is 2.29. The molecule has 1 aromatic rings. The first-order chi connectivity index (χ1) is 9.49. The number of hydrogen-bond acceptors (Lipinski definition) is 5. The van der Waals surface area contributed by atoms with Crippen molar-refractivity contribution in [2.75, 3.05) is 13.7 Å². The second kappa shape index (κ2) is 5.62. The molecule has 7 nitrogen and oxygen atoms in total. The average molecular weight is 282 g/mol. The van der Waals surface area contributed by atoms with E-state index in [1.165, 1.54) is 18.1 Å². The highest BCUT2D eigenvalue weighted by molar-refractivity contribution is 5.96. The number of carboxylic acid groups (broad SMARTS) is 1. The fraction of sp³-hybridized carbons (Fsp3) is 0.615. The molecule has 0 saturated carbocycles. The summed E-state index contributed by atoms with van der Waals surface area (Å²) in [6, 6.07) is 1.49. The maximum absolute atomic E-state index is 12.4. The van der Waals surface area contributed by atoms with Crippen LogP contribution >= 0.6 is 0 Å². The first kappa shape index (κ1) is 14.5. The zero-order valence-corrected chi connectivity index (χ0v) is 11.6. The van der Waals surface area contributed by atoms with E-state index in [-0.39, 0.29) is 12.3 Å². The van der Waals surface area contributed by atoms with E-state index in [4.69, 9.17) is 9.26 Å². The maximum Gasteiger partial charge on any atom is 0.329 e. The van der Waals surface area contributed by atoms with Gasteiger partial charge in [0.15, 0.2) is 11.5 Å². The number of hydrogen-bond donors (Lipinski definition) is 1. The molecule has 1 atom stereocenters. The van der Waals surface area contributed by atoms with Crippen LogP contribution in [0.25, 0.3) is 0 Å². The zero-order chi connectivity index (χ0) is 14.8. The summed E-state index contributed by atoms with van der Waals surface area (Å²) in [5, 5.41) is 13.1. The Morgan fingerprint density at radius 1 is 1.55 bits per heavy atom. The van der Waals surface area contributed by atoms with Gasteiger partial charge in [-0.05, 0) is 26.2 Å². The van der Waals surface area contributed by atoms with E-state index < -0.39 is 17.4 Å². The third-order valence-electron chi connectivity index (χ3n) is 3.66. The molecule has 1 aromatic heterocycles. The second-order valence-corrected chi connectivity index (χ2v) is 5.10. The van der Waals surface area contributed by atoms with Gasteiger partial charge < -0.3 is 19.3 Å². The normalized spacial score (nSPS) is 22.8. The molecular weight excluding hydrogens is 264 g/mol. The molecule has 1 N–H and O–H groups in total. The summed E-state index contributed by atoms with van der Waals surface area (Å²) in [7, 11) is 1.51. The molecule has 0 aromatic carbocycles. The van der Waals surface area contributed by atoms with Crippen LogP contribution in [0, 0.1) is 0 Å². The molecule has 1 unspecified atom stereocenters. The summed E-state index contributed by atoms with van der Waals surface area (Å²) < 4.78 is 9.87. The molecule has 20 heavy (non-hydrogen) atoms. The molecule has 1 aliphatic heterocycles. The van der Waals surface area contributed by atoms with Crippen molar-refractivity contribution in [3.05, 3.63) is 17.5 Å². The third kappa shape index (κ3) is 2.53. The Morgan fingerprint density at radius 3 is 2.95 bits per heavy atom. The van der Waals surface area contributed by atoms with E-state index in [1.807, 2.05) is 0 Å². The Labute approximate surface area is 116 Å². The number of likely N-dealkylation sites (tertiary alicyclic amines) is 1. The summed E-state index contributed by atoms with van der Waals surface area (Å²) in [4.78, 5) is 25.3. The van der Waals surface area contributed by atoms with Crippen LogP contribution in [-0.4, -0.2) is 46.2 Å². The Hall–Kier alpha value is -1.89. The van der Waals surface area contributed by atoms with Gasteiger partial charge in [0.25, 0.3) is 5.91 Å². The van der Waals surface area contributed by atoms with Crippen LogP contribution in [0.2, 0.25) is 0 Å². The van der Waals surface area contributed by atoms with Gasteiger partial charge in [-0.15, -0.1) is 0 Å². The summed E-state index contributed by atoms with van der Waals surface area (Å²) in [5.41, 5.74) is -1.07. The van der Waals surface area contributed by atoms with Gasteiger partial charge in [0.05, 0.1) is 0 Å². The van der Waals surface area contributed by atoms with Gasteiger partial charge in [0.2, 0.25) is 0 Å². The Balaban J connectivity index is 2.23. The lowest BCUT2D eigenvalue weighted by atomic mass is 9.88. The number of rotatable bonds is 4.